The van der Waals surface area contributed by atoms with E-state index in [2.05, 4.69) is 6.58 Å². The van der Waals surface area contributed by atoms with Crippen LogP contribution in [0, 0.1) is 5.92 Å². The molecule has 0 spiro atoms. The Morgan fingerprint density at radius 1 is 1.41 bits per heavy atom. The van der Waals surface area contributed by atoms with Gasteiger partial charge >= 0.3 is 0 Å². The number of amides is 2. The second-order valence-corrected chi connectivity index (χ2v) is 5.30. The average molecular weight is 302 g/mol. The van der Waals surface area contributed by atoms with Gasteiger partial charge in [0.15, 0.2) is 0 Å². The molecule has 118 valence electrons. The van der Waals surface area contributed by atoms with E-state index in [-0.39, 0.29) is 17.7 Å². The molecule has 2 amide bonds. The number of ether oxygens (including phenoxy) is 1. The number of carbonyl (C=O) groups is 2. The normalized spacial score (nSPS) is 17.2. The summed E-state index contributed by atoms with van der Waals surface area (Å²) in [6.07, 6.45) is 1.99. The van der Waals surface area contributed by atoms with Gasteiger partial charge in [-0.05, 0) is 43.7 Å². The molecule has 1 fully saturated rings. The third-order valence-electron chi connectivity index (χ3n) is 3.89. The van der Waals surface area contributed by atoms with Crippen LogP contribution in [-0.2, 0) is 9.59 Å². The van der Waals surface area contributed by atoms with Crippen molar-refractivity contribution in [3.8, 4) is 5.75 Å². The van der Waals surface area contributed by atoms with E-state index in [1.165, 1.54) is 6.08 Å². The molecule has 1 heterocycles. The standard InChI is InChI=1S/C17H22N2O3/c1-4-16(20)19-11-10-13(12-19)17(21)18(3)14-6-8-15(9-7-14)22-5-2/h4,6-9,13H,1,5,10-12H2,2-3H3. The Morgan fingerprint density at radius 2 is 2.09 bits per heavy atom. The maximum atomic E-state index is 12.5. The number of carbonyl (C=O) groups excluding carboxylic acids is 2. The number of rotatable bonds is 5. The van der Waals surface area contributed by atoms with Crippen LogP contribution < -0.4 is 9.64 Å². The molecule has 0 aliphatic carbocycles. The maximum absolute atomic E-state index is 12.5. The monoisotopic (exact) mass is 302 g/mol. The molecular formula is C17H22N2O3. The van der Waals surface area contributed by atoms with Crippen molar-refractivity contribution in [2.45, 2.75) is 13.3 Å². The predicted molar refractivity (Wildman–Crippen MR) is 85.9 cm³/mol. The molecule has 1 aliphatic rings. The van der Waals surface area contributed by atoms with E-state index >= 15 is 0 Å². The Bertz CT molecular complexity index is 554. The molecule has 1 aromatic rings. The molecule has 1 atom stereocenters. The SMILES string of the molecule is C=CC(=O)N1CCC(C(=O)N(C)c2ccc(OCC)cc2)C1. The lowest BCUT2D eigenvalue weighted by Crippen LogP contribution is -2.35. The lowest BCUT2D eigenvalue weighted by atomic mass is 10.1. The van der Waals surface area contributed by atoms with Gasteiger partial charge in [-0.15, -0.1) is 0 Å². The van der Waals surface area contributed by atoms with E-state index in [1.54, 1.807) is 16.8 Å². The molecular weight excluding hydrogens is 280 g/mol. The van der Waals surface area contributed by atoms with Gasteiger partial charge in [-0.2, -0.15) is 0 Å². The van der Waals surface area contributed by atoms with Crippen LogP contribution in [0.5, 0.6) is 5.75 Å². The summed E-state index contributed by atoms with van der Waals surface area (Å²) in [5.74, 6) is 0.554. The van der Waals surface area contributed by atoms with Gasteiger partial charge in [0.1, 0.15) is 5.75 Å². The quantitative estimate of drug-likeness (QED) is 0.783. The number of hydrogen-bond acceptors (Lipinski definition) is 3. The van der Waals surface area contributed by atoms with Crippen molar-refractivity contribution < 1.29 is 14.3 Å². The Balaban J connectivity index is 2.00. The molecule has 0 bridgehead atoms. The van der Waals surface area contributed by atoms with E-state index in [1.807, 2.05) is 31.2 Å². The van der Waals surface area contributed by atoms with E-state index in [9.17, 15) is 9.59 Å². The van der Waals surface area contributed by atoms with Crippen molar-refractivity contribution >= 4 is 17.5 Å². The molecule has 5 heteroatoms. The average Bonchev–Trinajstić information content (AvgIpc) is 3.03. The van der Waals surface area contributed by atoms with Gasteiger partial charge in [-0.1, -0.05) is 6.58 Å². The smallest absolute Gasteiger partial charge is 0.245 e. The summed E-state index contributed by atoms with van der Waals surface area (Å²) < 4.78 is 5.40. The fraction of sp³-hybridized carbons (Fsp3) is 0.412. The van der Waals surface area contributed by atoms with Gasteiger partial charge in [0, 0.05) is 25.8 Å². The Morgan fingerprint density at radius 3 is 2.68 bits per heavy atom. The third-order valence-corrected chi connectivity index (χ3v) is 3.89. The number of anilines is 1. The molecule has 1 saturated heterocycles. The predicted octanol–water partition coefficient (Wildman–Crippen LogP) is 2.08. The summed E-state index contributed by atoms with van der Waals surface area (Å²) in [7, 11) is 1.76. The Kier molecular flexibility index (Phi) is 5.20. The summed E-state index contributed by atoms with van der Waals surface area (Å²) in [5.41, 5.74) is 0.821. The van der Waals surface area contributed by atoms with Gasteiger partial charge < -0.3 is 14.5 Å². The van der Waals surface area contributed by atoms with Crippen molar-refractivity contribution in [3.63, 3.8) is 0 Å². The molecule has 0 saturated carbocycles. The van der Waals surface area contributed by atoms with Crippen LogP contribution in [0.25, 0.3) is 0 Å². The van der Waals surface area contributed by atoms with E-state index in [0.717, 1.165) is 11.4 Å². The molecule has 0 aromatic heterocycles. The highest BCUT2D eigenvalue weighted by Crippen LogP contribution is 2.23. The van der Waals surface area contributed by atoms with Crippen LogP contribution in [0.1, 0.15) is 13.3 Å². The van der Waals surface area contributed by atoms with Crippen molar-refractivity contribution in [2.75, 3.05) is 31.6 Å². The summed E-state index contributed by atoms with van der Waals surface area (Å²) in [6.45, 7) is 7.10. The highest BCUT2D eigenvalue weighted by Gasteiger charge is 2.32. The fourth-order valence-electron chi connectivity index (χ4n) is 2.62. The first-order chi connectivity index (χ1) is 10.6. The minimum Gasteiger partial charge on any atom is -0.494 e. The lowest BCUT2D eigenvalue weighted by Gasteiger charge is -2.21. The fourth-order valence-corrected chi connectivity index (χ4v) is 2.62. The first kappa shape index (κ1) is 16.1. The van der Waals surface area contributed by atoms with Crippen LogP contribution in [0.15, 0.2) is 36.9 Å². The van der Waals surface area contributed by atoms with Crippen LogP contribution >= 0.6 is 0 Å². The Hall–Kier alpha value is -2.30. The van der Waals surface area contributed by atoms with Crippen LogP contribution in [-0.4, -0.2) is 43.5 Å². The van der Waals surface area contributed by atoms with E-state index in [4.69, 9.17) is 4.74 Å². The second-order valence-electron chi connectivity index (χ2n) is 5.30. The second kappa shape index (κ2) is 7.11. The van der Waals surface area contributed by atoms with E-state index < -0.39 is 0 Å². The molecule has 0 N–H and O–H groups in total. The van der Waals surface area contributed by atoms with Gasteiger partial charge in [0.2, 0.25) is 11.8 Å². The van der Waals surface area contributed by atoms with Crippen molar-refractivity contribution in [3.05, 3.63) is 36.9 Å². The molecule has 5 nitrogen and oxygen atoms in total. The van der Waals surface area contributed by atoms with Crippen molar-refractivity contribution in [2.24, 2.45) is 5.92 Å². The van der Waals surface area contributed by atoms with Gasteiger partial charge in [0.05, 0.1) is 12.5 Å². The number of benzene rings is 1. The zero-order valence-corrected chi connectivity index (χ0v) is 13.1. The van der Waals surface area contributed by atoms with Gasteiger partial charge in [0.25, 0.3) is 0 Å². The van der Waals surface area contributed by atoms with Crippen LogP contribution in [0.2, 0.25) is 0 Å². The zero-order chi connectivity index (χ0) is 16.1. The largest absolute Gasteiger partial charge is 0.494 e. The molecule has 1 unspecified atom stereocenters. The highest BCUT2D eigenvalue weighted by molar-refractivity contribution is 5.96. The van der Waals surface area contributed by atoms with Crippen LogP contribution in [0.4, 0.5) is 5.69 Å². The summed E-state index contributed by atoms with van der Waals surface area (Å²) >= 11 is 0. The van der Waals surface area contributed by atoms with Gasteiger partial charge in [-0.25, -0.2) is 0 Å². The lowest BCUT2D eigenvalue weighted by molar-refractivity contribution is -0.125. The Labute approximate surface area is 131 Å². The topological polar surface area (TPSA) is 49.9 Å². The summed E-state index contributed by atoms with van der Waals surface area (Å²) in [4.78, 5) is 27.4. The van der Waals surface area contributed by atoms with Gasteiger partial charge in [-0.3, -0.25) is 9.59 Å². The number of hydrogen-bond donors (Lipinski definition) is 0. The van der Waals surface area contributed by atoms with Crippen molar-refractivity contribution in [1.29, 1.82) is 0 Å². The first-order valence-electron chi connectivity index (χ1n) is 7.48. The maximum Gasteiger partial charge on any atom is 0.245 e. The number of likely N-dealkylation sites (tertiary alicyclic amines) is 1. The van der Waals surface area contributed by atoms with Crippen molar-refractivity contribution in [1.82, 2.24) is 4.90 Å². The molecule has 1 aliphatic heterocycles. The number of nitrogens with zero attached hydrogens (tertiary/aromatic N) is 2. The molecule has 2 rings (SSSR count). The van der Waals surface area contributed by atoms with Crippen LogP contribution in [0.3, 0.4) is 0 Å². The summed E-state index contributed by atoms with van der Waals surface area (Å²) in [5, 5.41) is 0. The minimum atomic E-state index is -0.152. The van der Waals surface area contributed by atoms with E-state index in [0.29, 0.717) is 26.1 Å². The minimum absolute atomic E-state index is 0.0310. The first-order valence-corrected chi connectivity index (χ1v) is 7.48. The molecule has 22 heavy (non-hydrogen) atoms. The molecule has 0 radical (unpaired) electrons. The molecule has 1 aromatic carbocycles. The zero-order valence-electron chi connectivity index (χ0n) is 13.1. The summed E-state index contributed by atoms with van der Waals surface area (Å²) in [6, 6.07) is 7.44. The highest BCUT2D eigenvalue weighted by atomic mass is 16.5. The third kappa shape index (κ3) is 3.47.